The first-order chi connectivity index (χ1) is 8.58. The van der Waals surface area contributed by atoms with E-state index in [9.17, 15) is 9.59 Å². The van der Waals surface area contributed by atoms with Gasteiger partial charge in [0.05, 0.1) is 5.41 Å². The van der Waals surface area contributed by atoms with Gasteiger partial charge in [-0.3, -0.25) is 9.59 Å². The van der Waals surface area contributed by atoms with Crippen LogP contribution in [0.25, 0.3) is 0 Å². The van der Waals surface area contributed by atoms with Crippen molar-refractivity contribution in [1.82, 2.24) is 0 Å². The minimum Gasteiger partial charge on any atom is -0.481 e. The molecule has 1 aliphatic carbocycles. The molecule has 96 valence electrons. The normalized spacial score (nSPS) is 16.1. The van der Waals surface area contributed by atoms with Gasteiger partial charge in [-0.2, -0.15) is 0 Å². The van der Waals surface area contributed by atoms with Crippen LogP contribution in [-0.4, -0.2) is 23.5 Å². The Balaban J connectivity index is 2.07. The van der Waals surface area contributed by atoms with Crippen molar-refractivity contribution >= 4 is 17.6 Å². The smallest absolute Gasteiger partial charge is 0.314 e. The van der Waals surface area contributed by atoms with Gasteiger partial charge in [0.1, 0.15) is 0 Å². The fourth-order valence-electron chi connectivity index (χ4n) is 1.98. The Labute approximate surface area is 105 Å². The zero-order valence-corrected chi connectivity index (χ0v) is 9.98. The summed E-state index contributed by atoms with van der Waals surface area (Å²) in [5.41, 5.74) is 6.05. The topological polar surface area (TPSA) is 92.4 Å². The summed E-state index contributed by atoms with van der Waals surface area (Å²) in [4.78, 5) is 22.5. The van der Waals surface area contributed by atoms with Crippen LogP contribution < -0.4 is 11.1 Å². The number of nitrogens with one attached hydrogen (secondary N) is 1. The summed E-state index contributed by atoms with van der Waals surface area (Å²) in [6.07, 6.45) is 1.64. The van der Waals surface area contributed by atoms with Crippen LogP contribution in [0.2, 0.25) is 0 Å². The second kappa shape index (κ2) is 4.78. The molecule has 5 nitrogen and oxygen atoms in total. The van der Waals surface area contributed by atoms with Gasteiger partial charge in [0, 0.05) is 18.7 Å². The molecule has 0 aromatic heterocycles. The number of hydrogen-bond acceptors (Lipinski definition) is 3. The molecule has 2 rings (SSSR count). The van der Waals surface area contributed by atoms with Crippen molar-refractivity contribution in [2.24, 2.45) is 5.73 Å². The lowest BCUT2D eigenvalue weighted by molar-refractivity contribution is -0.140. The van der Waals surface area contributed by atoms with Crippen molar-refractivity contribution in [1.29, 1.82) is 0 Å². The van der Waals surface area contributed by atoms with E-state index in [0.717, 1.165) is 5.56 Å². The highest BCUT2D eigenvalue weighted by Gasteiger charge is 2.51. The van der Waals surface area contributed by atoms with Crippen LogP contribution >= 0.6 is 0 Å². The van der Waals surface area contributed by atoms with Crippen molar-refractivity contribution < 1.29 is 14.7 Å². The van der Waals surface area contributed by atoms with Crippen LogP contribution in [0.1, 0.15) is 24.8 Å². The Kier molecular flexibility index (Phi) is 3.34. The molecule has 1 aromatic rings. The monoisotopic (exact) mass is 248 g/mol. The number of carbonyl (C=O) groups excluding carboxylic acids is 1. The van der Waals surface area contributed by atoms with Gasteiger partial charge in [-0.15, -0.1) is 0 Å². The Bertz CT molecular complexity index is 464. The molecule has 1 amide bonds. The van der Waals surface area contributed by atoms with Gasteiger partial charge in [0.2, 0.25) is 5.91 Å². The van der Waals surface area contributed by atoms with E-state index < -0.39 is 11.4 Å². The summed E-state index contributed by atoms with van der Waals surface area (Å²) in [5.74, 6) is -0.910. The average Bonchev–Trinajstić information content (AvgIpc) is 3.11. The molecule has 1 aliphatic rings. The number of benzene rings is 1. The van der Waals surface area contributed by atoms with Gasteiger partial charge in [0.25, 0.3) is 0 Å². The van der Waals surface area contributed by atoms with Crippen LogP contribution in [0.15, 0.2) is 24.3 Å². The summed E-state index contributed by atoms with van der Waals surface area (Å²) < 4.78 is 0. The second-order valence-electron chi connectivity index (χ2n) is 4.55. The van der Waals surface area contributed by atoms with Crippen LogP contribution in [-0.2, 0) is 15.0 Å². The molecule has 18 heavy (non-hydrogen) atoms. The number of hydrogen-bond donors (Lipinski definition) is 3. The number of aliphatic carboxylic acids is 1. The number of amides is 1. The van der Waals surface area contributed by atoms with E-state index in [1.165, 1.54) is 0 Å². The minimum absolute atomic E-state index is 0.135. The second-order valence-corrected chi connectivity index (χ2v) is 4.55. The molecule has 0 heterocycles. The summed E-state index contributed by atoms with van der Waals surface area (Å²) in [6, 6.07) is 6.98. The Hall–Kier alpha value is -1.88. The molecule has 0 spiro atoms. The van der Waals surface area contributed by atoms with E-state index in [0.29, 0.717) is 25.1 Å². The Morgan fingerprint density at radius 1 is 1.28 bits per heavy atom. The maximum atomic E-state index is 11.3. The van der Waals surface area contributed by atoms with Crippen molar-refractivity contribution in [3.05, 3.63) is 29.8 Å². The third kappa shape index (κ3) is 2.36. The van der Waals surface area contributed by atoms with E-state index in [4.69, 9.17) is 10.8 Å². The summed E-state index contributed by atoms with van der Waals surface area (Å²) in [6.45, 7) is 0.312. The summed E-state index contributed by atoms with van der Waals surface area (Å²) in [5, 5.41) is 11.9. The largest absolute Gasteiger partial charge is 0.481 e. The van der Waals surface area contributed by atoms with Gasteiger partial charge in [-0.05, 0) is 30.5 Å². The summed E-state index contributed by atoms with van der Waals surface area (Å²) >= 11 is 0. The van der Waals surface area contributed by atoms with E-state index in [1.807, 2.05) is 0 Å². The molecule has 1 fully saturated rings. The molecule has 5 heteroatoms. The maximum absolute atomic E-state index is 11.3. The number of anilines is 1. The lowest BCUT2D eigenvalue weighted by Gasteiger charge is -2.11. The minimum atomic E-state index is -0.776. The Morgan fingerprint density at radius 3 is 2.33 bits per heavy atom. The van der Waals surface area contributed by atoms with Crippen LogP contribution in [0.3, 0.4) is 0 Å². The zero-order chi connectivity index (χ0) is 13.2. The third-order valence-electron chi connectivity index (χ3n) is 3.25. The maximum Gasteiger partial charge on any atom is 0.314 e. The molecular formula is C13H16N2O3. The molecule has 0 bridgehead atoms. The molecule has 0 aliphatic heterocycles. The van der Waals surface area contributed by atoms with E-state index in [2.05, 4.69) is 5.32 Å². The Morgan fingerprint density at radius 2 is 1.89 bits per heavy atom. The first kappa shape index (κ1) is 12.6. The van der Waals surface area contributed by atoms with Crippen molar-refractivity contribution in [3.63, 3.8) is 0 Å². The van der Waals surface area contributed by atoms with Crippen molar-refractivity contribution in [2.45, 2.75) is 24.7 Å². The molecule has 0 unspecified atom stereocenters. The third-order valence-corrected chi connectivity index (χ3v) is 3.25. The highest BCUT2D eigenvalue weighted by molar-refractivity contribution is 5.91. The molecule has 4 N–H and O–H groups in total. The molecule has 1 aromatic carbocycles. The molecule has 1 saturated carbocycles. The lowest BCUT2D eigenvalue weighted by atomic mass is 9.96. The highest BCUT2D eigenvalue weighted by Crippen LogP contribution is 2.48. The van der Waals surface area contributed by atoms with Gasteiger partial charge >= 0.3 is 5.97 Å². The number of rotatable bonds is 5. The highest BCUT2D eigenvalue weighted by atomic mass is 16.4. The zero-order valence-electron chi connectivity index (χ0n) is 9.98. The van der Waals surface area contributed by atoms with E-state index in [-0.39, 0.29) is 12.3 Å². The van der Waals surface area contributed by atoms with Gasteiger partial charge in [-0.1, -0.05) is 12.1 Å². The quantitative estimate of drug-likeness (QED) is 0.727. The molecule has 0 saturated heterocycles. The fourth-order valence-corrected chi connectivity index (χ4v) is 1.98. The van der Waals surface area contributed by atoms with Crippen molar-refractivity contribution in [2.75, 3.05) is 11.9 Å². The SMILES string of the molecule is NCCC(=O)Nc1ccc(C2(C(=O)O)CC2)cc1. The molecular weight excluding hydrogens is 232 g/mol. The number of carboxylic acid groups (broad SMARTS) is 1. The molecule has 0 atom stereocenters. The lowest BCUT2D eigenvalue weighted by Crippen LogP contribution is -2.19. The van der Waals surface area contributed by atoms with E-state index >= 15 is 0 Å². The first-order valence-corrected chi connectivity index (χ1v) is 5.92. The van der Waals surface area contributed by atoms with Crippen LogP contribution in [0, 0.1) is 0 Å². The predicted molar refractivity (Wildman–Crippen MR) is 67.3 cm³/mol. The van der Waals surface area contributed by atoms with E-state index in [1.54, 1.807) is 24.3 Å². The number of carboxylic acids is 1. The first-order valence-electron chi connectivity index (χ1n) is 5.92. The molecule has 0 radical (unpaired) electrons. The fraction of sp³-hybridized carbons (Fsp3) is 0.385. The van der Waals surface area contributed by atoms with Gasteiger partial charge < -0.3 is 16.2 Å². The predicted octanol–water partition coefficient (Wildman–Crippen LogP) is 1.09. The standard InChI is InChI=1S/C13H16N2O3/c14-8-5-11(16)15-10-3-1-9(2-4-10)13(6-7-13)12(17)18/h1-4H,5-8,14H2,(H,15,16)(H,17,18). The van der Waals surface area contributed by atoms with Gasteiger partial charge in [0.15, 0.2) is 0 Å². The number of nitrogens with two attached hydrogens (primary N) is 1. The summed E-state index contributed by atoms with van der Waals surface area (Å²) in [7, 11) is 0. The van der Waals surface area contributed by atoms with Gasteiger partial charge in [-0.25, -0.2) is 0 Å². The van der Waals surface area contributed by atoms with Crippen LogP contribution in [0.4, 0.5) is 5.69 Å². The number of carbonyl (C=O) groups is 2. The average molecular weight is 248 g/mol. The van der Waals surface area contributed by atoms with Crippen LogP contribution in [0.5, 0.6) is 0 Å². The van der Waals surface area contributed by atoms with Crippen molar-refractivity contribution in [3.8, 4) is 0 Å².